The van der Waals surface area contributed by atoms with Crippen molar-refractivity contribution in [2.75, 3.05) is 6.61 Å². The summed E-state index contributed by atoms with van der Waals surface area (Å²) < 4.78 is 5.81. The molecule has 1 aromatic rings. The van der Waals surface area contributed by atoms with Crippen LogP contribution in [0.3, 0.4) is 0 Å². The monoisotopic (exact) mass is 274 g/mol. The van der Waals surface area contributed by atoms with Gasteiger partial charge in [-0.2, -0.15) is 0 Å². The number of hydrogen-bond donors (Lipinski definition) is 0. The Hall–Kier alpha value is -1.24. The molecule has 1 unspecified atom stereocenters. The Bertz CT molecular complexity index is 406. The molecule has 1 aliphatic rings. The number of unbranched alkanes of at least 4 members (excludes halogenated alkanes) is 1. The van der Waals surface area contributed by atoms with Gasteiger partial charge in [0.05, 0.1) is 6.61 Å². The van der Waals surface area contributed by atoms with E-state index in [1.807, 2.05) is 13.8 Å². The highest BCUT2D eigenvalue weighted by Gasteiger charge is 2.17. The van der Waals surface area contributed by atoms with Crippen LogP contribution in [0.1, 0.15) is 58.1 Å². The summed E-state index contributed by atoms with van der Waals surface area (Å²) >= 11 is 0. The van der Waals surface area contributed by atoms with Gasteiger partial charge >= 0.3 is 0 Å². The molecule has 0 bridgehead atoms. The Kier molecular flexibility index (Phi) is 8.10. The molecule has 1 atom stereocenters. The smallest absolute Gasteiger partial charge is 0.119 e. The van der Waals surface area contributed by atoms with Crippen LogP contribution in [0.4, 0.5) is 0 Å². The lowest BCUT2D eigenvalue weighted by atomic mass is 10.1. The fourth-order valence-corrected chi connectivity index (χ4v) is 2.58. The lowest BCUT2D eigenvalue weighted by Gasteiger charge is -2.07. The van der Waals surface area contributed by atoms with E-state index in [9.17, 15) is 0 Å². The molecule has 0 heterocycles. The average Bonchev–Trinajstić information content (AvgIpc) is 2.84. The molecule has 1 heteroatoms. The van der Waals surface area contributed by atoms with E-state index < -0.39 is 0 Å². The van der Waals surface area contributed by atoms with E-state index in [1.165, 1.54) is 24.0 Å². The van der Waals surface area contributed by atoms with Crippen LogP contribution in [0, 0.1) is 5.92 Å². The molecule has 0 fully saturated rings. The van der Waals surface area contributed by atoms with Crippen molar-refractivity contribution in [1.82, 2.24) is 0 Å². The van der Waals surface area contributed by atoms with Gasteiger partial charge in [0.25, 0.3) is 0 Å². The quantitative estimate of drug-likeness (QED) is 0.486. The molecule has 0 saturated heterocycles. The molecule has 0 amide bonds. The highest BCUT2D eigenvalue weighted by molar-refractivity contribution is 5.38. The topological polar surface area (TPSA) is 9.23 Å². The maximum absolute atomic E-state index is 5.81. The Morgan fingerprint density at radius 2 is 1.90 bits per heavy atom. The predicted octanol–water partition coefficient (Wildman–Crippen LogP) is 5.57. The van der Waals surface area contributed by atoms with Gasteiger partial charge in [-0.05, 0) is 61.3 Å². The molecule has 112 valence electrons. The largest absolute Gasteiger partial charge is 0.494 e. The average molecular weight is 274 g/mol. The fourth-order valence-electron chi connectivity index (χ4n) is 2.58. The van der Waals surface area contributed by atoms with Crippen LogP contribution in [-0.4, -0.2) is 6.61 Å². The van der Waals surface area contributed by atoms with E-state index in [2.05, 4.69) is 44.2 Å². The Morgan fingerprint density at radius 3 is 2.65 bits per heavy atom. The molecule has 0 spiro atoms. The van der Waals surface area contributed by atoms with Gasteiger partial charge in [-0.1, -0.05) is 45.9 Å². The fraction of sp³-hybridized carbons (Fsp3) is 0.579. The molecule has 0 N–H and O–H groups in total. The summed E-state index contributed by atoms with van der Waals surface area (Å²) in [6.45, 7) is 9.31. The molecule has 0 aromatic heterocycles. The van der Waals surface area contributed by atoms with Crippen molar-refractivity contribution in [2.24, 2.45) is 5.92 Å². The Labute approximate surface area is 125 Å². The zero-order chi connectivity index (χ0) is 14.8. The molecule has 2 rings (SSSR count). The minimum atomic E-state index is 0.800. The number of allylic oxidation sites excluding steroid dienone is 2. The third kappa shape index (κ3) is 5.40. The summed E-state index contributed by atoms with van der Waals surface area (Å²) in [4.78, 5) is 0. The van der Waals surface area contributed by atoms with Crippen LogP contribution >= 0.6 is 0 Å². The Morgan fingerprint density at radius 1 is 1.15 bits per heavy atom. The molecule has 0 saturated carbocycles. The van der Waals surface area contributed by atoms with Gasteiger partial charge in [-0.3, -0.25) is 0 Å². The van der Waals surface area contributed by atoms with E-state index in [-0.39, 0.29) is 0 Å². The summed E-state index contributed by atoms with van der Waals surface area (Å²) in [7, 11) is 0. The summed E-state index contributed by atoms with van der Waals surface area (Å²) in [5, 5.41) is 0. The molecule has 0 aliphatic heterocycles. The van der Waals surface area contributed by atoms with Gasteiger partial charge in [0.15, 0.2) is 0 Å². The van der Waals surface area contributed by atoms with Gasteiger partial charge in [-0.25, -0.2) is 0 Å². The van der Waals surface area contributed by atoms with Crippen molar-refractivity contribution in [3.8, 4) is 5.75 Å². The van der Waals surface area contributed by atoms with Crippen molar-refractivity contribution in [3.63, 3.8) is 0 Å². The predicted molar refractivity (Wildman–Crippen MR) is 88.5 cm³/mol. The lowest BCUT2D eigenvalue weighted by molar-refractivity contribution is 0.312. The third-order valence-corrected chi connectivity index (χ3v) is 3.50. The minimum Gasteiger partial charge on any atom is -0.494 e. The maximum atomic E-state index is 5.81. The second-order valence-corrected chi connectivity index (χ2v) is 5.31. The van der Waals surface area contributed by atoms with E-state index in [4.69, 9.17) is 4.74 Å². The van der Waals surface area contributed by atoms with Crippen molar-refractivity contribution in [2.45, 2.75) is 59.8 Å². The second-order valence-electron chi connectivity index (χ2n) is 5.31. The highest BCUT2D eigenvalue weighted by atomic mass is 16.5. The van der Waals surface area contributed by atoms with Crippen LogP contribution in [-0.2, 0) is 12.8 Å². The van der Waals surface area contributed by atoms with E-state index in [0.717, 1.165) is 37.5 Å². The summed E-state index contributed by atoms with van der Waals surface area (Å²) in [6, 6.07) is 6.60. The third-order valence-electron chi connectivity index (χ3n) is 3.50. The number of rotatable bonds is 6. The van der Waals surface area contributed by atoms with Gasteiger partial charge in [0.2, 0.25) is 0 Å². The molecular weight excluding hydrogens is 244 g/mol. The lowest BCUT2D eigenvalue weighted by Crippen LogP contribution is -1.97. The molecule has 0 radical (unpaired) electrons. The van der Waals surface area contributed by atoms with Crippen molar-refractivity contribution >= 4 is 0 Å². The second kappa shape index (κ2) is 9.63. The molecule has 20 heavy (non-hydrogen) atoms. The SMILES string of the molecule is CC.CCC=CCCCOc1ccc2c(c1)CC(C)C2. The van der Waals surface area contributed by atoms with Crippen molar-refractivity contribution in [1.29, 1.82) is 0 Å². The number of ether oxygens (including phenoxy) is 1. The van der Waals surface area contributed by atoms with Crippen LogP contribution in [0.5, 0.6) is 5.75 Å². The first-order valence-corrected chi connectivity index (χ1v) is 8.19. The van der Waals surface area contributed by atoms with E-state index >= 15 is 0 Å². The zero-order valence-corrected chi connectivity index (χ0v) is 13.6. The number of fused-ring (bicyclic) bond motifs is 1. The van der Waals surface area contributed by atoms with Gasteiger partial charge in [0.1, 0.15) is 5.75 Å². The van der Waals surface area contributed by atoms with Crippen molar-refractivity contribution < 1.29 is 4.74 Å². The van der Waals surface area contributed by atoms with Gasteiger partial charge in [0, 0.05) is 0 Å². The van der Waals surface area contributed by atoms with Gasteiger partial charge < -0.3 is 4.74 Å². The molecule has 1 aliphatic carbocycles. The first-order valence-electron chi connectivity index (χ1n) is 8.19. The summed E-state index contributed by atoms with van der Waals surface area (Å²) in [6.07, 6.45) is 10.3. The van der Waals surface area contributed by atoms with Crippen LogP contribution in [0.15, 0.2) is 30.4 Å². The van der Waals surface area contributed by atoms with E-state index in [1.54, 1.807) is 0 Å². The van der Waals surface area contributed by atoms with Crippen LogP contribution < -0.4 is 4.74 Å². The highest BCUT2D eigenvalue weighted by Crippen LogP contribution is 2.29. The summed E-state index contributed by atoms with van der Waals surface area (Å²) in [5.41, 5.74) is 3.01. The van der Waals surface area contributed by atoms with E-state index in [0.29, 0.717) is 0 Å². The molecule has 1 nitrogen and oxygen atoms in total. The molecule has 1 aromatic carbocycles. The first-order chi connectivity index (χ1) is 9.79. The number of hydrogen-bond acceptors (Lipinski definition) is 1. The van der Waals surface area contributed by atoms with Crippen LogP contribution in [0.2, 0.25) is 0 Å². The summed E-state index contributed by atoms with van der Waals surface area (Å²) in [5.74, 6) is 1.84. The zero-order valence-electron chi connectivity index (χ0n) is 13.6. The Balaban J connectivity index is 0.000000956. The maximum Gasteiger partial charge on any atom is 0.119 e. The minimum absolute atomic E-state index is 0.800. The van der Waals surface area contributed by atoms with Crippen LogP contribution in [0.25, 0.3) is 0 Å². The van der Waals surface area contributed by atoms with Gasteiger partial charge in [-0.15, -0.1) is 0 Å². The molecular formula is C19H30O. The first kappa shape index (κ1) is 16.8. The normalized spacial score (nSPS) is 16.7. The van der Waals surface area contributed by atoms with Crippen molar-refractivity contribution in [3.05, 3.63) is 41.5 Å². The number of benzene rings is 1. The standard InChI is InChI=1S/C17H24O.C2H6/c1-3-4-5-6-7-10-18-17-9-8-15-11-14(2)12-16(15)13-17;1-2/h4-5,8-9,13-14H,3,6-7,10-12H2,1-2H3;1-2H3.